The van der Waals surface area contributed by atoms with Gasteiger partial charge in [-0.15, -0.1) is 0 Å². The molecule has 0 fully saturated rings. The molecule has 2 rings (SSSR count). The van der Waals surface area contributed by atoms with Crippen molar-refractivity contribution in [2.45, 2.75) is 26.7 Å². The number of hydrogen-bond donors (Lipinski definition) is 0. The molecule has 0 aliphatic heterocycles. The van der Waals surface area contributed by atoms with Crippen LogP contribution in [0.25, 0.3) is 6.08 Å². The molecule has 0 saturated heterocycles. The van der Waals surface area contributed by atoms with Gasteiger partial charge < -0.3 is 0 Å². The lowest BCUT2D eigenvalue weighted by atomic mass is 9.99. The number of hydrogen-bond acceptors (Lipinski definition) is 0. The van der Waals surface area contributed by atoms with Gasteiger partial charge in [-0.1, -0.05) is 78.7 Å². The Morgan fingerprint density at radius 3 is 1.83 bits per heavy atom. The molecule has 1 atom stereocenters. The minimum atomic E-state index is 0.451. The highest BCUT2D eigenvalue weighted by molar-refractivity contribution is 5.51. The summed E-state index contributed by atoms with van der Waals surface area (Å²) in [6, 6.07) is 17.4. The Hall–Kier alpha value is -1.82. The Kier molecular flexibility index (Phi) is 3.99. The van der Waals surface area contributed by atoms with E-state index in [1.54, 1.807) is 0 Å². The summed E-state index contributed by atoms with van der Waals surface area (Å²) in [5.41, 5.74) is 5.25. The largest absolute Gasteiger partial charge is 0.0767 e. The van der Waals surface area contributed by atoms with Crippen LogP contribution in [0.2, 0.25) is 0 Å². The average molecular weight is 236 g/mol. The predicted octanol–water partition coefficient (Wildman–Crippen LogP) is 5.12. The van der Waals surface area contributed by atoms with E-state index in [2.05, 4.69) is 81.5 Å². The fourth-order valence-electron chi connectivity index (χ4n) is 1.91. The Balaban J connectivity index is 2.08. The van der Waals surface area contributed by atoms with Crippen LogP contribution in [0.4, 0.5) is 0 Å². The van der Waals surface area contributed by atoms with Crippen LogP contribution in [-0.2, 0) is 0 Å². The molecule has 2 aromatic rings. The first-order valence-corrected chi connectivity index (χ1v) is 6.46. The minimum absolute atomic E-state index is 0.451. The van der Waals surface area contributed by atoms with Gasteiger partial charge in [0.05, 0.1) is 0 Å². The second-order valence-corrected chi connectivity index (χ2v) is 4.97. The van der Waals surface area contributed by atoms with Crippen molar-refractivity contribution in [1.29, 1.82) is 0 Å². The fraction of sp³-hybridized carbons (Fsp3) is 0.222. The molecule has 0 spiro atoms. The van der Waals surface area contributed by atoms with E-state index in [9.17, 15) is 0 Å². The van der Waals surface area contributed by atoms with E-state index in [4.69, 9.17) is 0 Å². The summed E-state index contributed by atoms with van der Waals surface area (Å²) < 4.78 is 0. The van der Waals surface area contributed by atoms with Gasteiger partial charge in [-0.05, 0) is 30.9 Å². The monoisotopic (exact) mass is 236 g/mol. The lowest BCUT2D eigenvalue weighted by Crippen LogP contribution is -1.88. The highest BCUT2D eigenvalue weighted by Crippen LogP contribution is 2.18. The lowest BCUT2D eigenvalue weighted by molar-refractivity contribution is 0.971. The maximum Gasteiger partial charge on any atom is -0.000710 e. The standard InChI is InChI=1S/C18H20/c1-14-4-9-17(10-5-14)11-8-16(3)18-12-6-15(2)7-13-18/h4-13,16H,1-3H3. The molecule has 0 amide bonds. The molecule has 0 aromatic heterocycles. The number of allylic oxidation sites excluding steroid dienone is 1. The smallest absolute Gasteiger partial charge is 0.000710 e. The third-order valence-corrected chi connectivity index (χ3v) is 3.26. The maximum atomic E-state index is 2.26. The van der Waals surface area contributed by atoms with Crippen molar-refractivity contribution < 1.29 is 0 Å². The van der Waals surface area contributed by atoms with Crippen LogP contribution in [0.1, 0.15) is 35.1 Å². The molecule has 0 N–H and O–H groups in total. The summed E-state index contributed by atoms with van der Waals surface area (Å²) in [5, 5.41) is 0. The molecular weight excluding hydrogens is 216 g/mol. The van der Waals surface area contributed by atoms with Gasteiger partial charge in [0, 0.05) is 0 Å². The molecule has 92 valence electrons. The van der Waals surface area contributed by atoms with Gasteiger partial charge in [0.25, 0.3) is 0 Å². The van der Waals surface area contributed by atoms with Gasteiger partial charge in [-0.3, -0.25) is 0 Å². The van der Waals surface area contributed by atoms with Crippen LogP contribution in [0.3, 0.4) is 0 Å². The quantitative estimate of drug-likeness (QED) is 0.693. The summed E-state index contributed by atoms with van der Waals surface area (Å²) in [5.74, 6) is 0.451. The summed E-state index contributed by atoms with van der Waals surface area (Å²) in [6.45, 7) is 6.47. The molecule has 0 heteroatoms. The highest BCUT2D eigenvalue weighted by Gasteiger charge is 2.00. The molecule has 0 aliphatic carbocycles. The SMILES string of the molecule is Cc1ccc(C=CC(C)c2ccc(C)cc2)cc1. The van der Waals surface area contributed by atoms with Gasteiger partial charge in [0.15, 0.2) is 0 Å². The topological polar surface area (TPSA) is 0 Å². The van der Waals surface area contributed by atoms with Crippen molar-refractivity contribution >= 4 is 6.08 Å². The van der Waals surface area contributed by atoms with Crippen LogP contribution in [0, 0.1) is 13.8 Å². The van der Waals surface area contributed by atoms with Gasteiger partial charge in [0.1, 0.15) is 0 Å². The normalized spacial score (nSPS) is 12.8. The lowest BCUT2D eigenvalue weighted by Gasteiger charge is -2.07. The van der Waals surface area contributed by atoms with Crippen LogP contribution in [0.5, 0.6) is 0 Å². The Morgan fingerprint density at radius 2 is 1.28 bits per heavy atom. The van der Waals surface area contributed by atoms with E-state index >= 15 is 0 Å². The summed E-state index contributed by atoms with van der Waals surface area (Å²) in [4.78, 5) is 0. The Morgan fingerprint density at radius 1 is 0.778 bits per heavy atom. The van der Waals surface area contributed by atoms with Gasteiger partial charge in [-0.2, -0.15) is 0 Å². The molecule has 0 aliphatic rings. The molecule has 1 unspecified atom stereocenters. The molecule has 0 bridgehead atoms. The Bertz CT molecular complexity index is 515. The molecule has 0 radical (unpaired) electrons. The van der Waals surface area contributed by atoms with Crippen molar-refractivity contribution in [3.05, 3.63) is 76.9 Å². The zero-order chi connectivity index (χ0) is 13.0. The van der Waals surface area contributed by atoms with Crippen molar-refractivity contribution in [2.75, 3.05) is 0 Å². The van der Waals surface area contributed by atoms with E-state index in [1.807, 2.05) is 0 Å². The number of aryl methyl sites for hydroxylation is 2. The molecular formula is C18H20. The summed E-state index contributed by atoms with van der Waals surface area (Å²) in [7, 11) is 0. The van der Waals surface area contributed by atoms with Crippen molar-refractivity contribution in [3.63, 3.8) is 0 Å². The van der Waals surface area contributed by atoms with Crippen molar-refractivity contribution in [1.82, 2.24) is 0 Å². The molecule has 18 heavy (non-hydrogen) atoms. The minimum Gasteiger partial charge on any atom is -0.0767 e. The zero-order valence-corrected chi connectivity index (χ0v) is 11.4. The molecule has 0 heterocycles. The van der Waals surface area contributed by atoms with E-state index in [1.165, 1.54) is 22.3 Å². The first kappa shape index (κ1) is 12.6. The third kappa shape index (κ3) is 3.33. The van der Waals surface area contributed by atoms with Crippen LogP contribution in [0.15, 0.2) is 54.6 Å². The van der Waals surface area contributed by atoms with Crippen LogP contribution in [-0.4, -0.2) is 0 Å². The van der Waals surface area contributed by atoms with Gasteiger partial charge in [-0.25, -0.2) is 0 Å². The van der Waals surface area contributed by atoms with E-state index < -0.39 is 0 Å². The molecule has 2 aromatic carbocycles. The molecule has 0 saturated carbocycles. The Labute approximate surface area is 110 Å². The van der Waals surface area contributed by atoms with Crippen LogP contribution < -0.4 is 0 Å². The predicted molar refractivity (Wildman–Crippen MR) is 79.8 cm³/mol. The van der Waals surface area contributed by atoms with Gasteiger partial charge in [0.2, 0.25) is 0 Å². The second kappa shape index (κ2) is 5.68. The van der Waals surface area contributed by atoms with E-state index in [0.717, 1.165) is 0 Å². The van der Waals surface area contributed by atoms with Crippen molar-refractivity contribution in [2.24, 2.45) is 0 Å². The first-order valence-electron chi connectivity index (χ1n) is 6.46. The van der Waals surface area contributed by atoms with E-state index in [0.29, 0.717) is 5.92 Å². The zero-order valence-electron chi connectivity index (χ0n) is 11.4. The summed E-state index contributed by atoms with van der Waals surface area (Å²) in [6.07, 6.45) is 4.46. The highest BCUT2D eigenvalue weighted by atomic mass is 14.0. The summed E-state index contributed by atoms with van der Waals surface area (Å²) >= 11 is 0. The van der Waals surface area contributed by atoms with Gasteiger partial charge >= 0.3 is 0 Å². The number of rotatable bonds is 3. The fourth-order valence-corrected chi connectivity index (χ4v) is 1.91. The number of benzene rings is 2. The third-order valence-electron chi connectivity index (χ3n) is 3.26. The van der Waals surface area contributed by atoms with Crippen molar-refractivity contribution in [3.8, 4) is 0 Å². The van der Waals surface area contributed by atoms with Crippen LogP contribution >= 0.6 is 0 Å². The second-order valence-electron chi connectivity index (χ2n) is 4.97. The van der Waals surface area contributed by atoms with E-state index in [-0.39, 0.29) is 0 Å². The average Bonchev–Trinajstić information content (AvgIpc) is 2.38. The first-order chi connectivity index (χ1) is 8.65. The molecule has 0 nitrogen and oxygen atoms in total. The maximum absolute atomic E-state index is 2.26.